The van der Waals surface area contributed by atoms with Crippen molar-refractivity contribution in [3.05, 3.63) is 18.0 Å². The predicted octanol–water partition coefficient (Wildman–Crippen LogP) is 2.16. The molecule has 1 aliphatic carbocycles. The van der Waals surface area contributed by atoms with E-state index < -0.39 is 0 Å². The maximum Gasteiger partial charge on any atom is 0.155 e. The molecule has 1 heterocycles. The molecule has 3 nitrogen and oxygen atoms in total. The van der Waals surface area contributed by atoms with E-state index in [1.54, 1.807) is 12.4 Å². The number of pyridine rings is 1. The van der Waals surface area contributed by atoms with E-state index in [1.807, 2.05) is 6.26 Å². The van der Waals surface area contributed by atoms with Crippen LogP contribution in [-0.4, -0.2) is 23.6 Å². The molecule has 74 valence electrons. The predicted molar refractivity (Wildman–Crippen MR) is 55.1 cm³/mol. The maximum absolute atomic E-state index is 10.9. The highest BCUT2D eigenvalue weighted by atomic mass is 32.2. The Bertz CT molecular complexity index is 350. The number of aldehydes is 1. The van der Waals surface area contributed by atoms with Gasteiger partial charge in [0.1, 0.15) is 5.75 Å². The van der Waals surface area contributed by atoms with E-state index in [4.69, 9.17) is 4.74 Å². The fraction of sp³-hybridized carbons (Fsp3) is 0.400. The van der Waals surface area contributed by atoms with Gasteiger partial charge in [-0.3, -0.25) is 9.78 Å². The van der Waals surface area contributed by atoms with E-state index in [9.17, 15) is 4.79 Å². The number of thioether (sulfide) groups is 1. The number of hydrogen-bond acceptors (Lipinski definition) is 4. The van der Waals surface area contributed by atoms with E-state index in [2.05, 4.69) is 4.98 Å². The third kappa shape index (κ3) is 1.90. The van der Waals surface area contributed by atoms with Crippen LogP contribution in [0, 0.1) is 0 Å². The third-order valence-corrected chi connectivity index (χ3v) is 2.84. The van der Waals surface area contributed by atoms with Crippen molar-refractivity contribution in [2.24, 2.45) is 0 Å². The zero-order chi connectivity index (χ0) is 9.97. The Balaban J connectivity index is 2.30. The smallest absolute Gasteiger partial charge is 0.155 e. The molecule has 1 aromatic rings. The number of nitrogens with zero attached hydrogens (tertiary/aromatic N) is 1. The summed E-state index contributed by atoms with van der Waals surface area (Å²) in [4.78, 5) is 15.8. The number of carbonyl (C=O) groups is 1. The molecule has 0 unspecified atom stereocenters. The molecule has 1 fully saturated rings. The fourth-order valence-electron chi connectivity index (χ4n) is 1.17. The third-order valence-electron chi connectivity index (χ3n) is 2.07. The normalized spacial score (nSPS) is 15.2. The van der Waals surface area contributed by atoms with Gasteiger partial charge in [-0.25, -0.2) is 0 Å². The summed E-state index contributed by atoms with van der Waals surface area (Å²) in [5.74, 6) is 0.620. The second-order valence-corrected chi connectivity index (χ2v) is 4.04. The van der Waals surface area contributed by atoms with Crippen LogP contribution in [-0.2, 0) is 0 Å². The van der Waals surface area contributed by atoms with Crippen LogP contribution in [0.2, 0.25) is 0 Å². The molecule has 0 saturated heterocycles. The Labute approximate surface area is 86.9 Å². The van der Waals surface area contributed by atoms with Crippen LogP contribution in [0.1, 0.15) is 23.2 Å². The van der Waals surface area contributed by atoms with Gasteiger partial charge in [0.25, 0.3) is 0 Å². The lowest BCUT2D eigenvalue weighted by atomic mass is 10.3. The van der Waals surface area contributed by atoms with Crippen molar-refractivity contribution in [2.75, 3.05) is 6.26 Å². The molecule has 0 radical (unpaired) electrons. The van der Waals surface area contributed by atoms with Crippen LogP contribution in [0.4, 0.5) is 0 Å². The molecule has 1 aliphatic rings. The second-order valence-electron chi connectivity index (χ2n) is 3.19. The van der Waals surface area contributed by atoms with Crippen LogP contribution in [0.25, 0.3) is 0 Å². The van der Waals surface area contributed by atoms with Crippen molar-refractivity contribution in [3.63, 3.8) is 0 Å². The van der Waals surface area contributed by atoms with Gasteiger partial charge in [0.15, 0.2) is 6.29 Å². The van der Waals surface area contributed by atoms with Crippen LogP contribution >= 0.6 is 11.8 Å². The minimum Gasteiger partial charge on any atom is -0.488 e. The van der Waals surface area contributed by atoms with Crippen molar-refractivity contribution in [1.82, 2.24) is 4.98 Å². The van der Waals surface area contributed by atoms with Crippen molar-refractivity contribution >= 4 is 18.0 Å². The first kappa shape index (κ1) is 9.52. The van der Waals surface area contributed by atoms with Gasteiger partial charge in [0.05, 0.1) is 17.9 Å². The molecule has 0 bridgehead atoms. The summed E-state index contributed by atoms with van der Waals surface area (Å²) in [6.45, 7) is 0. The van der Waals surface area contributed by atoms with Gasteiger partial charge in [0, 0.05) is 11.1 Å². The number of ether oxygens (including phenoxy) is 1. The topological polar surface area (TPSA) is 39.2 Å². The zero-order valence-corrected chi connectivity index (χ0v) is 8.71. The second kappa shape index (κ2) is 4.00. The van der Waals surface area contributed by atoms with Crippen molar-refractivity contribution < 1.29 is 9.53 Å². The first-order valence-corrected chi connectivity index (χ1v) is 5.71. The quantitative estimate of drug-likeness (QED) is 0.562. The average Bonchev–Trinajstić information content (AvgIpc) is 3.01. The van der Waals surface area contributed by atoms with Crippen molar-refractivity contribution in [3.8, 4) is 5.75 Å². The van der Waals surface area contributed by atoms with Crippen LogP contribution in [0.5, 0.6) is 5.75 Å². The summed E-state index contributed by atoms with van der Waals surface area (Å²) < 4.78 is 5.58. The number of hydrogen-bond donors (Lipinski definition) is 0. The Kier molecular flexibility index (Phi) is 2.72. The largest absolute Gasteiger partial charge is 0.488 e. The summed E-state index contributed by atoms with van der Waals surface area (Å²) in [5, 5.41) is 0. The molecule has 1 aromatic heterocycles. The van der Waals surface area contributed by atoms with Crippen LogP contribution < -0.4 is 4.74 Å². The standard InChI is InChI=1S/C10H11NO2S/c1-14-10-5-11-4-9(8(10)6-12)13-7-2-3-7/h4-7H,2-3H2,1H3. The summed E-state index contributed by atoms with van der Waals surface area (Å²) >= 11 is 1.51. The molecule has 0 amide bonds. The van der Waals surface area contributed by atoms with Crippen molar-refractivity contribution in [2.45, 2.75) is 23.8 Å². The van der Waals surface area contributed by atoms with E-state index in [-0.39, 0.29) is 0 Å². The molecular formula is C10H11NO2S. The van der Waals surface area contributed by atoms with E-state index in [0.29, 0.717) is 17.4 Å². The Morgan fingerprint density at radius 1 is 1.57 bits per heavy atom. The molecule has 2 rings (SSSR count). The molecule has 0 aromatic carbocycles. The molecule has 0 atom stereocenters. The Morgan fingerprint density at radius 2 is 2.36 bits per heavy atom. The maximum atomic E-state index is 10.9. The fourth-order valence-corrected chi connectivity index (χ4v) is 1.71. The highest BCUT2D eigenvalue weighted by Gasteiger charge is 2.25. The van der Waals surface area contributed by atoms with Gasteiger partial charge in [-0.1, -0.05) is 0 Å². The van der Waals surface area contributed by atoms with Gasteiger partial charge in [-0.15, -0.1) is 11.8 Å². The summed E-state index contributed by atoms with van der Waals surface area (Å²) in [6.07, 6.45) is 8.53. The first-order valence-electron chi connectivity index (χ1n) is 4.49. The van der Waals surface area contributed by atoms with E-state index >= 15 is 0 Å². The van der Waals surface area contributed by atoms with Gasteiger partial charge in [0.2, 0.25) is 0 Å². The minimum absolute atomic E-state index is 0.299. The zero-order valence-electron chi connectivity index (χ0n) is 7.90. The Morgan fingerprint density at radius 3 is 2.93 bits per heavy atom. The first-order chi connectivity index (χ1) is 6.85. The lowest BCUT2D eigenvalue weighted by Crippen LogP contribution is -2.01. The average molecular weight is 209 g/mol. The van der Waals surface area contributed by atoms with Crippen LogP contribution in [0.3, 0.4) is 0 Å². The Hall–Kier alpha value is -1.03. The summed E-state index contributed by atoms with van der Waals surface area (Å²) in [7, 11) is 0. The number of aromatic nitrogens is 1. The van der Waals surface area contributed by atoms with E-state index in [1.165, 1.54) is 11.8 Å². The van der Waals surface area contributed by atoms with Gasteiger partial charge >= 0.3 is 0 Å². The SMILES string of the molecule is CSc1cncc(OC2CC2)c1C=O. The summed E-state index contributed by atoms with van der Waals surface area (Å²) in [6, 6.07) is 0. The van der Waals surface area contributed by atoms with Gasteiger partial charge < -0.3 is 4.74 Å². The molecule has 1 saturated carbocycles. The molecule has 0 spiro atoms. The van der Waals surface area contributed by atoms with Gasteiger partial charge in [-0.05, 0) is 19.1 Å². The molecule has 4 heteroatoms. The molecule has 14 heavy (non-hydrogen) atoms. The van der Waals surface area contributed by atoms with Gasteiger partial charge in [-0.2, -0.15) is 0 Å². The van der Waals surface area contributed by atoms with Crippen molar-refractivity contribution in [1.29, 1.82) is 0 Å². The molecule has 0 aliphatic heterocycles. The highest BCUT2D eigenvalue weighted by Crippen LogP contribution is 2.31. The summed E-state index contributed by atoms with van der Waals surface area (Å²) in [5.41, 5.74) is 0.624. The molecule has 0 N–H and O–H groups in total. The minimum atomic E-state index is 0.299. The monoisotopic (exact) mass is 209 g/mol. The van der Waals surface area contributed by atoms with E-state index in [0.717, 1.165) is 24.0 Å². The molecular weight excluding hydrogens is 198 g/mol. The highest BCUT2D eigenvalue weighted by molar-refractivity contribution is 7.98. The number of rotatable bonds is 4. The number of carbonyl (C=O) groups excluding carboxylic acids is 1. The lowest BCUT2D eigenvalue weighted by molar-refractivity contribution is 0.111. The lowest BCUT2D eigenvalue weighted by Gasteiger charge is -2.08. The van der Waals surface area contributed by atoms with Crippen LogP contribution in [0.15, 0.2) is 17.3 Å².